The standard InChI is InChI=1S/C10H21NO2/c1-2-3-4-5-6-11-10-9-12-7-8-13-10/h10-11H,2-9H2,1H3. The van der Waals surface area contributed by atoms with E-state index < -0.39 is 0 Å². The van der Waals surface area contributed by atoms with E-state index in [0.717, 1.165) is 19.8 Å². The molecule has 1 aliphatic rings. The Balaban J connectivity index is 1.86. The summed E-state index contributed by atoms with van der Waals surface area (Å²) in [6.07, 6.45) is 5.33. The molecule has 0 aliphatic carbocycles. The van der Waals surface area contributed by atoms with E-state index in [1.807, 2.05) is 0 Å². The maximum absolute atomic E-state index is 5.45. The van der Waals surface area contributed by atoms with Gasteiger partial charge in [0.1, 0.15) is 6.23 Å². The first-order valence-electron chi connectivity index (χ1n) is 5.36. The van der Waals surface area contributed by atoms with Crippen molar-refractivity contribution in [1.29, 1.82) is 0 Å². The van der Waals surface area contributed by atoms with Crippen LogP contribution < -0.4 is 5.32 Å². The molecule has 1 heterocycles. The Morgan fingerprint density at radius 3 is 2.85 bits per heavy atom. The van der Waals surface area contributed by atoms with Crippen molar-refractivity contribution in [3.05, 3.63) is 0 Å². The van der Waals surface area contributed by atoms with Crippen molar-refractivity contribution in [2.75, 3.05) is 26.4 Å². The van der Waals surface area contributed by atoms with Crippen LogP contribution in [0.3, 0.4) is 0 Å². The Labute approximate surface area is 80.8 Å². The molecule has 0 spiro atoms. The molecule has 0 aromatic heterocycles. The third-order valence-electron chi connectivity index (χ3n) is 2.22. The molecule has 1 unspecified atom stereocenters. The van der Waals surface area contributed by atoms with E-state index in [1.54, 1.807) is 0 Å². The third kappa shape index (κ3) is 5.24. The number of unbranched alkanes of at least 4 members (excludes halogenated alkanes) is 3. The molecule has 13 heavy (non-hydrogen) atoms. The molecule has 3 nitrogen and oxygen atoms in total. The fraction of sp³-hybridized carbons (Fsp3) is 1.00. The number of ether oxygens (including phenoxy) is 2. The minimum atomic E-state index is 0.135. The van der Waals surface area contributed by atoms with Crippen LogP contribution >= 0.6 is 0 Å². The van der Waals surface area contributed by atoms with Gasteiger partial charge in [0.15, 0.2) is 0 Å². The Bertz CT molecular complexity index is 113. The van der Waals surface area contributed by atoms with E-state index in [4.69, 9.17) is 9.47 Å². The van der Waals surface area contributed by atoms with Gasteiger partial charge in [0.05, 0.1) is 19.8 Å². The van der Waals surface area contributed by atoms with Gasteiger partial charge in [0.25, 0.3) is 0 Å². The van der Waals surface area contributed by atoms with Gasteiger partial charge in [-0.05, 0) is 13.0 Å². The third-order valence-corrected chi connectivity index (χ3v) is 2.22. The minimum Gasteiger partial charge on any atom is -0.375 e. The SMILES string of the molecule is CCCCCCNC1COCCO1. The van der Waals surface area contributed by atoms with E-state index in [2.05, 4.69) is 12.2 Å². The lowest BCUT2D eigenvalue weighted by molar-refractivity contribution is -0.101. The normalized spacial score (nSPS) is 23.3. The highest BCUT2D eigenvalue weighted by Crippen LogP contribution is 2.00. The lowest BCUT2D eigenvalue weighted by Gasteiger charge is -2.23. The van der Waals surface area contributed by atoms with Crippen LogP contribution in [0.15, 0.2) is 0 Å². The van der Waals surface area contributed by atoms with Crippen molar-refractivity contribution >= 4 is 0 Å². The van der Waals surface area contributed by atoms with Crippen molar-refractivity contribution < 1.29 is 9.47 Å². The zero-order valence-corrected chi connectivity index (χ0v) is 8.55. The fourth-order valence-corrected chi connectivity index (χ4v) is 1.42. The molecule has 0 saturated carbocycles. The quantitative estimate of drug-likeness (QED) is 0.640. The van der Waals surface area contributed by atoms with E-state index in [0.29, 0.717) is 6.61 Å². The van der Waals surface area contributed by atoms with Crippen molar-refractivity contribution in [3.8, 4) is 0 Å². The van der Waals surface area contributed by atoms with Crippen LogP contribution in [0.25, 0.3) is 0 Å². The monoisotopic (exact) mass is 187 g/mol. The summed E-state index contributed by atoms with van der Waals surface area (Å²) >= 11 is 0. The predicted octanol–water partition coefficient (Wildman–Crippen LogP) is 1.53. The average molecular weight is 187 g/mol. The molecule has 0 radical (unpaired) electrons. The van der Waals surface area contributed by atoms with Gasteiger partial charge in [-0.25, -0.2) is 0 Å². The van der Waals surface area contributed by atoms with Crippen molar-refractivity contribution in [2.24, 2.45) is 0 Å². The first kappa shape index (κ1) is 11.0. The first-order valence-corrected chi connectivity index (χ1v) is 5.36. The second kappa shape index (κ2) is 7.30. The second-order valence-electron chi connectivity index (χ2n) is 3.45. The summed E-state index contributed by atoms with van der Waals surface area (Å²) in [5.41, 5.74) is 0. The highest BCUT2D eigenvalue weighted by molar-refractivity contribution is 4.58. The summed E-state index contributed by atoms with van der Waals surface area (Å²) in [6, 6.07) is 0. The van der Waals surface area contributed by atoms with E-state index in [-0.39, 0.29) is 6.23 Å². The largest absolute Gasteiger partial charge is 0.375 e. The summed E-state index contributed by atoms with van der Waals surface area (Å²) < 4.78 is 10.7. The molecular weight excluding hydrogens is 166 g/mol. The molecule has 1 N–H and O–H groups in total. The molecule has 0 aromatic carbocycles. The molecule has 0 amide bonds. The summed E-state index contributed by atoms with van der Waals surface area (Å²) in [4.78, 5) is 0. The smallest absolute Gasteiger partial charge is 0.131 e. The van der Waals surface area contributed by atoms with Gasteiger partial charge in [0, 0.05) is 0 Å². The number of hydrogen-bond donors (Lipinski definition) is 1. The first-order chi connectivity index (χ1) is 6.43. The minimum absolute atomic E-state index is 0.135. The van der Waals surface area contributed by atoms with E-state index in [1.165, 1.54) is 25.7 Å². The molecular formula is C10H21NO2. The molecule has 1 saturated heterocycles. The zero-order valence-electron chi connectivity index (χ0n) is 8.55. The van der Waals surface area contributed by atoms with Crippen molar-refractivity contribution in [3.63, 3.8) is 0 Å². The summed E-state index contributed by atoms with van der Waals surface area (Å²) in [5, 5.41) is 3.33. The van der Waals surface area contributed by atoms with Gasteiger partial charge in [-0.2, -0.15) is 0 Å². The molecule has 0 aromatic rings. The lowest BCUT2D eigenvalue weighted by atomic mass is 10.2. The van der Waals surface area contributed by atoms with Crippen LogP contribution in [-0.2, 0) is 9.47 Å². The van der Waals surface area contributed by atoms with Gasteiger partial charge in [-0.15, -0.1) is 0 Å². The van der Waals surface area contributed by atoms with Crippen LogP contribution in [0.5, 0.6) is 0 Å². The maximum Gasteiger partial charge on any atom is 0.131 e. The van der Waals surface area contributed by atoms with Crippen LogP contribution in [-0.4, -0.2) is 32.6 Å². The van der Waals surface area contributed by atoms with Crippen LogP contribution in [0.1, 0.15) is 32.6 Å². The van der Waals surface area contributed by atoms with E-state index >= 15 is 0 Å². The number of hydrogen-bond acceptors (Lipinski definition) is 3. The van der Waals surface area contributed by atoms with E-state index in [9.17, 15) is 0 Å². The molecule has 1 fully saturated rings. The zero-order chi connectivity index (χ0) is 9.36. The predicted molar refractivity (Wildman–Crippen MR) is 52.7 cm³/mol. The molecule has 1 rings (SSSR count). The van der Waals surface area contributed by atoms with Gasteiger partial charge in [0.2, 0.25) is 0 Å². The Hall–Kier alpha value is -0.120. The number of rotatable bonds is 6. The Morgan fingerprint density at radius 2 is 2.15 bits per heavy atom. The van der Waals surface area contributed by atoms with Crippen LogP contribution in [0.4, 0.5) is 0 Å². The van der Waals surface area contributed by atoms with Crippen molar-refractivity contribution in [2.45, 2.75) is 38.8 Å². The summed E-state index contributed by atoms with van der Waals surface area (Å²) in [5.74, 6) is 0. The molecule has 3 heteroatoms. The summed E-state index contributed by atoms with van der Waals surface area (Å²) in [7, 11) is 0. The topological polar surface area (TPSA) is 30.5 Å². The van der Waals surface area contributed by atoms with Gasteiger partial charge >= 0.3 is 0 Å². The highest BCUT2D eigenvalue weighted by Gasteiger charge is 2.11. The lowest BCUT2D eigenvalue weighted by Crippen LogP contribution is -2.40. The highest BCUT2D eigenvalue weighted by atomic mass is 16.6. The Morgan fingerprint density at radius 1 is 1.23 bits per heavy atom. The van der Waals surface area contributed by atoms with Gasteiger partial charge in [-0.3, -0.25) is 5.32 Å². The van der Waals surface area contributed by atoms with Gasteiger partial charge in [-0.1, -0.05) is 26.2 Å². The summed E-state index contributed by atoms with van der Waals surface area (Å²) in [6.45, 7) is 5.45. The average Bonchev–Trinajstić information content (AvgIpc) is 2.19. The van der Waals surface area contributed by atoms with Crippen LogP contribution in [0, 0.1) is 0 Å². The van der Waals surface area contributed by atoms with Crippen LogP contribution in [0.2, 0.25) is 0 Å². The fourth-order valence-electron chi connectivity index (χ4n) is 1.42. The molecule has 0 bridgehead atoms. The molecule has 78 valence electrons. The number of nitrogens with one attached hydrogen (secondary N) is 1. The van der Waals surface area contributed by atoms with Crippen molar-refractivity contribution in [1.82, 2.24) is 5.32 Å². The molecule has 1 aliphatic heterocycles. The second-order valence-corrected chi connectivity index (χ2v) is 3.45. The Kier molecular flexibility index (Phi) is 6.15. The van der Waals surface area contributed by atoms with Gasteiger partial charge < -0.3 is 9.47 Å². The molecule has 1 atom stereocenters. The maximum atomic E-state index is 5.45.